The van der Waals surface area contributed by atoms with Gasteiger partial charge in [0.15, 0.2) is 0 Å². The first-order valence-electron chi connectivity index (χ1n) is 10.9. The van der Waals surface area contributed by atoms with E-state index >= 15 is 0 Å². The topological polar surface area (TPSA) is 52.3 Å². The molecule has 0 saturated heterocycles. The average molecular weight is 417 g/mol. The highest BCUT2D eigenvalue weighted by molar-refractivity contribution is 6.04. The summed E-state index contributed by atoms with van der Waals surface area (Å²) >= 11 is 0. The summed E-state index contributed by atoms with van der Waals surface area (Å²) in [5, 5.41) is 1.03. The van der Waals surface area contributed by atoms with E-state index in [2.05, 4.69) is 34.1 Å². The minimum atomic E-state index is 0.0543. The first kappa shape index (κ1) is 19.8. The second-order valence-electron chi connectivity index (χ2n) is 8.70. The molecular weight excluding hydrogens is 388 g/mol. The molecule has 0 unspecified atom stereocenters. The Morgan fingerprint density at radius 1 is 1.10 bits per heavy atom. The molecule has 0 bridgehead atoms. The number of hydrogen-bond acceptors (Lipinski definition) is 4. The van der Waals surface area contributed by atoms with Crippen LogP contribution in [0.3, 0.4) is 0 Å². The second kappa shape index (κ2) is 7.85. The molecule has 6 nitrogen and oxygen atoms in total. The summed E-state index contributed by atoms with van der Waals surface area (Å²) in [6.07, 6.45) is 5.15. The van der Waals surface area contributed by atoms with Crippen molar-refractivity contribution in [1.29, 1.82) is 0 Å². The third-order valence-electron chi connectivity index (χ3n) is 6.35. The molecule has 2 aromatic heterocycles. The normalized spacial score (nSPS) is 14.5. The molecule has 31 heavy (non-hydrogen) atoms. The minimum absolute atomic E-state index is 0.0543. The summed E-state index contributed by atoms with van der Waals surface area (Å²) in [5.74, 6) is 0.873. The van der Waals surface area contributed by atoms with Gasteiger partial charge in [-0.2, -0.15) is 0 Å². The minimum Gasteiger partial charge on any atom is -0.492 e. The van der Waals surface area contributed by atoms with Crippen LogP contribution in [0.25, 0.3) is 33.1 Å². The van der Waals surface area contributed by atoms with Gasteiger partial charge >= 0.3 is 5.69 Å². The van der Waals surface area contributed by atoms with E-state index in [4.69, 9.17) is 4.74 Å². The van der Waals surface area contributed by atoms with E-state index in [0.717, 1.165) is 58.2 Å². The van der Waals surface area contributed by atoms with Gasteiger partial charge in [-0.1, -0.05) is 18.2 Å². The van der Waals surface area contributed by atoms with E-state index in [1.165, 1.54) is 6.42 Å². The van der Waals surface area contributed by atoms with Crippen LogP contribution in [0, 0.1) is 0 Å². The molecule has 160 valence electrons. The molecule has 2 heterocycles. The maximum absolute atomic E-state index is 13.0. The highest BCUT2D eigenvalue weighted by atomic mass is 16.5. The number of aryl methyl sites for hydroxylation is 1. The number of rotatable bonds is 6. The zero-order chi connectivity index (χ0) is 21.5. The number of fused-ring (bicyclic) bond motifs is 3. The van der Waals surface area contributed by atoms with Gasteiger partial charge in [0.2, 0.25) is 0 Å². The molecule has 1 aliphatic carbocycles. The fourth-order valence-electron chi connectivity index (χ4n) is 4.28. The molecule has 5 rings (SSSR count). The van der Waals surface area contributed by atoms with E-state index in [9.17, 15) is 4.79 Å². The van der Waals surface area contributed by atoms with Crippen LogP contribution in [-0.4, -0.2) is 46.3 Å². The van der Waals surface area contributed by atoms with Gasteiger partial charge in [-0.05, 0) is 68.8 Å². The second-order valence-corrected chi connectivity index (χ2v) is 8.70. The maximum atomic E-state index is 13.0. The molecule has 1 aliphatic rings. The Bertz CT molecular complexity index is 1300. The lowest BCUT2D eigenvalue weighted by molar-refractivity contribution is 0.261. The molecule has 0 atom stereocenters. The van der Waals surface area contributed by atoms with Crippen molar-refractivity contribution in [2.45, 2.75) is 25.3 Å². The molecule has 2 aromatic carbocycles. The van der Waals surface area contributed by atoms with Crippen LogP contribution in [0.4, 0.5) is 0 Å². The number of benzene rings is 2. The maximum Gasteiger partial charge on any atom is 0.329 e. The van der Waals surface area contributed by atoms with Gasteiger partial charge in [0.1, 0.15) is 12.4 Å². The highest BCUT2D eigenvalue weighted by Gasteiger charge is 2.26. The monoisotopic (exact) mass is 416 g/mol. The lowest BCUT2D eigenvalue weighted by atomic mass is 9.92. The lowest BCUT2D eigenvalue weighted by Crippen LogP contribution is -2.29. The first-order valence-corrected chi connectivity index (χ1v) is 10.9. The van der Waals surface area contributed by atoms with Crippen molar-refractivity contribution in [3.05, 3.63) is 59.1 Å². The van der Waals surface area contributed by atoms with Gasteiger partial charge in [0, 0.05) is 25.0 Å². The first-order chi connectivity index (χ1) is 15.0. The third-order valence-corrected chi connectivity index (χ3v) is 6.35. The van der Waals surface area contributed by atoms with Gasteiger partial charge in [-0.15, -0.1) is 0 Å². The van der Waals surface area contributed by atoms with Crippen LogP contribution >= 0.6 is 0 Å². The Labute approximate surface area is 181 Å². The van der Waals surface area contributed by atoms with Gasteiger partial charge in [-0.25, -0.2) is 4.79 Å². The quantitative estimate of drug-likeness (QED) is 0.472. The third kappa shape index (κ3) is 3.51. The van der Waals surface area contributed by atoms with E-state index in [1.54, 1.807) is 4.57 Å². The number of hydrogen-bond donors (Lipinski definition) is 0. The van der Waals surface area contributed by atoms with Crippen LogP contribution < -0.4 is 10.4 Å². The zero-order valence-electron chi connectivity index (χ0n) is 18.3. The smallest absolute Gasteiger partial charge is 0.329 e. The van der Waals surface area contributed by atoms with Gasteiger partial charge < -0.3 is 9.64 Å². The standard InChI is InChI=1S/C25H28N4O2/c1-27(2)13-14-31-20-10-7-17(8-11-20)18-9-12-22-21(15-18)24-23(16-26-22)28(3)25(30)29(24)19-5-4-6-19/h7-12,15-16,19H,4-6,13-14H2,1-3H3. The van der Waals surface area contributed by atoms with Crippen LogP contribution in [0.1, 0.15) is 25.3 Å². The Balaban J connectivity index is 1.56. The lowest BCUT2D eigenvalue weighted by Gasteiger charge is -2.27. The Morgan fingerprint density at radius 2 is 1.84 bits per heavy atom. The number of nitrogens with zero attached hydrogens (tertiary/aromatic N) is 4. The number of imidazole rings is 1. The summed E-state index contributed by atoms with van der Waals surface area (Å²) in [6, 6.07) is 14.8. The van der Waals surface area contributed by atoms with Crippen molar-refractivity contribution in [3.8, 4) is 16.9 Å². The van der Waals surface area contributed by atoms with Crippen molar-refractivity contribution in [1.82, 2.24) is 19.0 Å². The predicted molar refractivity (Wildman–Crippen MR) is 125 cm³/mol. The number of likely N-dealkylation sites (N-methyl/N-ethyl adjacent to an activating group) is 1. The molecular formula is C25H28N4O2. The van der Waals surface area contributed by atoms with Crippen molar-refractivity contribution in [3.63, 3.8) is 0 Å². The van der Waals surface area contributed by atoms with Gasteiger partial charge in [0.25, 0.3) is 0 Å². The molecule has 0 amide bonds. The highest BCUT2D eigenvalue weighted by Crippen LogP contribution is 2.36. The summed E-state index contributed by atoms with van der Waals surface area (Å²) in [4.78, 5) is 19.7. The largest absolute Gasteiger partial charge is 0.492 e. The summed E-state index contributed by atoms with van der Waals surface area (Å²) in [6.45, 7) is 1.55. The van der Waals surface area contributed by atoms with Crippen molar-refractivity contribution in [2.24, 2.45) is 7.05 Å². The van der Waals surface area contributed by atoms with E-state index in [0.29, 0.717) is 12.6 Å². The SMILES string of the molecule is CN(C)CCOc1ccc(-c2ccc3ncc4c(c3c2)n(C2CCC2)c(=O)n4C)cc1. The van der Waals surface area contributed by atoms with Crippen LogP contribution in [-0.2, 0) is 7.05 Å². The van der Waals surface area contributed by atoms with E-state index in [1.807, 2.05) is 50.1 Å². The molecule has 6 heteroatoms. The average Bonchev–Trinajstić information content (AvgIpc) is 2.98. The molecule has 4 aromatic rings. The Morgan fingerprint density at radius 3 is 2.52 bits per heavy atom. The van der Waals surface area contributed by atoms with Gasteiger partial charge in [-0.3, -0.25) is 14.1 Å². The molecule has 0 spiro atoms. The van der Waals surface area contributed by atoms with Crippen molar-refractivity contribution < 1.29 is 4.74 Å². The molecule has 1 saturated carbocycles. The van der Waals surface area contributed by atoms with Crippen LogP contribution in [0.2, 0.25) is 0 Å². The van der Waals surface area contributed by atoms with Crippen molar-refractivity contribution >= 4 is 21.9 Å². The molecule has 1 fully saturated rings. The van der Waals surface area contributed by atoms with Crippen LogP contribution in [0.5, 0.6) is 5.75 Å². The van der Waals surface area contributed by atoms with Crippen molar-refractivity contribution in [2.75, 3.05) is 27.2 Å². The predicted octanol–water partition coefficient (Wildman–Crippen LogP) is 4.22. The Kier molecular flexibility index (Phi) is 5.02. The fourth-order valence-corrected chi connectivity index (χ4v) is 4.28. The number of aromatic nitrogens is 3. The fraction of sp³-hybridized carbons (Fsp3) is 0.360. The van der Waals surface area contributed by atoms with E-state index < -0.39 is 0 Å². The molecule has 0 N–H and O–H groups in total. The summed E-state index contributed by atoms with van der Waals surface area (Å²) < 4.78 is 9.54. The number of ether oxygens (including phenoxy) is 1. The molecule has 0 radical (unpaired) electrons. The number of pyridine rings is 1. The summed E-state index contributed by atoms with van der Waals surface area (Å²) in [7, 11) is 5.91. The zero-order valence-corrected chi connectivity index (χ0v) is 18.3. The molecule has 0 aliphatic heterocycles. The van der Waals surface area contributed by atoms with Gasteiger partial charge in [0.05, 0.1) is 22.7 Å². The van der Waals surface area contributed by atoms with Crippen LogP contribution in [0.15, 0.2) is 53.5 Å². The van der Waals surface area contributed by atoms with E-state index in [-0.39, 0.29) is 5.69 Å². The Hall–Kier alpha value is -3.12. The summed E-state index contributed by atoms with van der Waals surface area (Å²) in [5.41, 5.74) is 5.10.